The summed E-state index contributed by atoms with van der Waals surface area (Å²) in [5, 5.41) is 13.8. The van der Waals surface area contributed by atoms with Gasteiger partial charge in [0.25, 0.3) is 10.0 Å². The molecule has 0 bridgehead atoms. The molecule has 0 radical (unpaired) electrons. The van der Waals surface area contributed by atoms with Crippen LogP contribution >= 0.6 is 23.1 Å². The van der Waals surface area contributed by atoms with Crippen molar-refractivity contribution in [2.75, 3.05) is 30.5 Å². The first-order valence-electron chi connectivity index (χ1n) is 14.2. The van der Waals surface area contributed by atoms with Crippen LogP contribution in [0.15, 0.2) is 82.5 Å². The fraction of sp³-hybridized carbons (Fsp3) is 0.125. The van der Waals surface area contributed by atoms with Crippen molar-refractivity contribution in [3.63, 3.8) is 0 Å². The van der Waals surface area contributed by atoms with Crippen molar-refractivity contribution in [1.29, 1.82) is 0 Å². The first kappa shape index (κ1) is 34.3. The van der Waals surface area contributed by atoms with Crippen LogP contribution in [0.2, 0.25) is 5.02 Å². The molecule has 1 amide bonds. The molecule has 0 fully saturated rings. The zero-order valence-corrected chi connectivity index (χ0v) is 28.5. The van der Waals surface area contributed by atoms with Crippen LogP contribution in [-0.2, 0) is 16.6 Å². The van der Waals surface area contributed by atoms with Gasteiger partial charge in [0.2, 0.25) is 5.13 Å². The predicted octanol–water partition coefficient (Wildman–Crippen LogP) is 7.60. The summed E-state index contributed by atoms with van der Waals surface area (Å²) in [4.78, 5) is 15.5. The molecular weight excluding hydrogens is 720 g/mol. The van der Waals surface area contributed by atoms with Crippen LogP contribution in [0.5, 0.6) is 23.0 Å². The maximum atomic E-state index is 15.8. The number of sulfonamides is 1. The molecule has 1 N–H and O–H groups in total. The Morgan fingerprint density at radius 1 is 0.980 bits per heavy atom. The number of carboxylic acid groups (broad SMARTS) is 1. The number of carbonyl (C=O) groups is 1. The third-order valence-corrected chi connectivity index (χ3v) is 10.2. The number of benzene rings is 4. The molecule has 0 aliphatic heterocycles. The van der Waals surface area contributed by atoms with Crippen molar-refractivity contribution in [2.45, 2.75) is 11.4 Å². The van der Waals surface area contributed by atoms with Crippen molar-refractivity contribution in [3.8, 4) is 34.1 Å². The van der Waals surface area contributed by atoms with Gasteiger partial charge in [0, 0.05) is 52.9 Å². The van der Waals surface area contributed by atoms with Gasteiger partial charge in [-0.1, -0.05) is 22.8 Å². The number of methoxy groups -OCH3 is 2. The topological polar surface area (TPSA) is 157 Å². The second-order valence-corrected chi connectivity index (χ2v) is 13.5. The molecule has 2 aromatic heterocycles. The Morgan fingerprint density at radius 3 is 2.48 bits per heavy atom. The van der Waals surface area contributed by atoms with Crippen molar-refractivity contribution >= 4 is 61.2 Å². The van der Waals surface area contributed by atoms with E-state index in [0.717, 1.165) is 27.1 Å². The van der Waals surface area contributed by atoms with Gasteiger partial charge in [-0.25, -0.2) is 31.3 Å². The van der Waals surface area contributed by atoms with Gasteiger partial charge in [-0.3, -0.25) is 4.90 Å². The minimum Gasteiger partial charge on any atom is -0.497 e. The van der Waals surface area contributed by atoms with Crippen LogP contribution in [-0.4, -0.2) is 55.4 Å². The second-order valence-electron chi connectivity index (χ2n) is 10.4. The van der Waals surface area contributed by atoms with E-state index in [9.17, 15) is 18.3 Å². The maximum Gasteiger partial charge on any atom is 0.412 e. The van der Waals surface area contributed by atoms with E-state index in [4.69, 9.17) is 30.3 Å². The van der Waals surface area contributed by atoms with Gasteiger partial charge in [0.15, 0.2) is 23.0 Å². The summed E-state index contributed by atoms with van der Waals surface area (Å²) in [6.07, 6.45) is -0.135. The summed E-state index contributed by atoms with van der Waals surface area (Å²) in [7, 11) is -0.641. The Balaban J connectivity index is 1.36. The van der Waals surface area contributed by atoms with Crippen LogP contribution in [0.25, 0.3) is 22.1 Å². The largest absolute Gasteiger partial charge is 0.497 e. The SMILES string of the molecule is COc1ccc(CN(c2ncns2)S(=O)(=O)c2cc(F)c(Oc3ccc(Cl)cc3-c3ccc4onc(N(C)C(=O)O)c4c3)cc2F)c(OC)c1. The van der Waals surface area contributed by atoms with E-state index in [1.165, 1.54) is 39.5 Å². The number of hydrogen-bond donors (Lipinski definition) is 1. The normalized spacial score (nSPS) is 11.4. The van der Waals surface area contributed by atoms with E-state index < -0.39 is 38.4 Å². The number of fused-ring (bicyclic) bond motifs is 1. The highest BCUT2D eigenvalue weighted by molar-refractivity contribution is 7.93. The molecular formula is C32H24ClF2N5O8S2. The number of hydrogen-bond acceptors (Lipinski definition) is 11. The summed E-state index contributed by atoms with van der Waals surface area (Å²) in [6.45, 7) is -0.362. The minimum atomic E-state index is -4.79. The second kappa shape index (κ2) is 13.8. The van der Waals surface area contributed by atoms with Crippen molar-refractivity contribution in [1.82, 2.24) is 14.5 Å². The Labute approximate surface area is 292 Å². The van der Waals surface area contributed by atoms with Crippen LogP contribution in [0.4, 0.5) is 24.5 Å². The van der Waals surface area contributed by atoms with Gasteiger partial charge in [0.05, 0.1) is 26.2 Å². The lowest BCUT2D eigenvalue weighted by atomic mass is 10.0. The molecule has 6 aromatic rings. The van der Waals surface area contributed by atoms with E-state index in [-0.39, 0.29) is 34.0 Å². The third kappa shape index (κ3) is 6.57. The summed E-state index contributed by atoms with van der Waals surface area (Å²) < 4.78 is 85.8. The van der Waals surface area contributed by atoms with E-state index in [1.807, 2.05) is 0 Å². The van der Waals surface area contributed by atoms with Crippen LogP contribution in [0.1, 0.15) is 5.56 Å². The fourth-order valence-electron chi connectivity index (χ4n) is 4.94. The molecule has 2 heterocycles. The van der Waals surface area contributed by atoms with Crippen molar-refractivity contribution in [2.24, 2.45) is 0 Å². The summed E-state index contributed by atoms with van der Waals surface area (Å²) in [5.74, 6) is -2.33. The highest BCUT2D eigenvalue weighted by atomic mass is 35.5. The highest BCUT2D eigenvalue weighted by Crippen LogP contribution is 2.40. The number of nitrogens with zero attached hydrogens (tertiary/aromatic N) is 5. The number of ether oxygens (including phenoxy) is 3. The zero-order valence-electron chi connectivity index (χ0n) is 26.1. The molecule has 0 atom stereocenters. The maximum absolute atomic E-state index is 15.8. The summed E-state index contributed by atoms with van der Waals surface area (Å²) in [6, 6.07) is 15.0. The van der Waals surface area contributed by atoms with Crippen molar-refractivity contribution in [3.05, 3.63) is 95.3 Å². The molecule has 6 rings (SSSR count). The molecule has 13 nitrogen and oxygen atoms in total. The molecule has 0 spiro atoms. The standard InChI is InChI=1S/C32H24ClF2N5O8S2/c1-39(32(41)42)30-22-10-17(5-8-26(22)48-38-30)21-11-19(33)6-9-25(21)47-28-13-24(35)29(14-23(28)34)50(43,44)40(31-36-16-37-49-31)15-18-4-7-20(45-2)12-27(18)46-3/h4-14,16H,15H2,1-3H3,(H,41,42). The molecule has 0 unspecified atom stereocenters. The van der Waals surface area contributed by atoms with E-state index in [2.05, 4.69) is 14.5 Å². The number of aromatic nitrogens is 3. The van der Waals surface area contributed by atoms with Crippen molar-refractivity contribution < 1.29 is 45.8 Å². The molecule has 0 aliphatic rings. The molecule has 258 valence electrons. The van der Waals surface area contributed by atoms with Gasteiger partial charge >= 0.3 is 6.09 Å². The Bertz CT molecular complexity index is 2340. The average molecular weight is 744 g/mol. The number of rotatable bonds is 11. The van der Waals surface area contributed by atoms with Gasteiger partial charge in [-0.05, 0) is 48.0 Å². The monoisotopic (exact) mass is 743 g/mol. The highest BCUT2D eigenvalue weighted by Gasteiger charge is 2.33. The van der Waals surface area contributed by atoms with Crippen LogP contribution in [0, 0.1) is 11.6 Å². The molecule has 4 aromatic carbocycles. The van der Waals surface area contributed by atoms with E-state index in [1.54, 1.807) is 36.4 Å². The molecule has 50 heavy (non-hydrogen) atoms. The van der Waals surface area contributed by atoms with Crippen LogP contribution in [0.3, 0.4) is 0 Å². The lowest BCUT2D eigenvalue weighted by Gasteiger charge is -2.23. The van der Waals surface area contributed by atoms with Gasteiger partial charge in [0.1, 0.15) is 34.3 Å². The molecule has 18 heteroatoms. The first-order chi connectivity index (χ1) is 23.9. The smallest absolute Gasteiger partial charge is 0.412 e. The molecule has 0 aliphatic carbocycles. The fourth-order valence-corrected chi connectivity index (χ4v) is 7.30. The Morgan fingerprint density at radius 2 is 1.78 bits per heavy atom. The lowest BCUT2D eigenvalue weighted by Crippen LogP contribution is -2.31. The van der Waals surface area contributed by atoms with Crippen LogP contribution < -0.4 is 23.4 Å². The lowest BCUT2D eigenvalue weighted by molar-refractivity contribution is 0.203. The number of halogens is 3. The zero-order chi connectivity index (χ0) is 35.7. The van der Waals surface area contributed by atoms with Gasteiger partial charge in [-0.15, -0.1) is 0 Å². The van der Waals surface area contributed by atoms with Gasteiger partial charge < -0.3 is 23.8 Å². The predicted molar refractivity (Wildman–Crippen MR) is 180 cm³/mol. The Hall–Kier alpha value is -5.52. The van der Waals surface area contributed by atoms with E-state index >= 15 is 8.78 Å². The quantitative estimate of drug-likeness (QED) is 0.139. The number of anilines is 2. The summed E-state index contributed by atoms with van der Waals surface area (Å²) in [5.41, 5.74) is 1.44. The first-order valence-corrected chi connectivity index (χ1v) is 16.8. The summed E-state index contributed by atoms with van der Waals surface area (Å²) >= 11 is 7.02. The number of amides is 1. The van der Waals surface area contributed by atoms with E-state index in [0.29, 0.717) is 45.5 Å². The average Bonchev–Trinajstić information content (AvgIpc) is 3.79. The third-order valence-electron chi connectivity index (χ3n) is 7.45. The Kier molecular flexibility index (Phi) is 9.46. The van der Waals surface area contributed by atoms with Gasteiger partial charge in [-0.2, -0.15) is 4.37 Å². The molecule has 0 saturated heterocycles. The minimum absolute atomic E-state index is 0.0225. The molecule has 0 saturated carbocycles.